The van der Waals surface area contributed by atoms with Crippen LogP contribution in [0.1, 0.15) is 56.0 Å². The second-order valence-corrected chi connectivity index (χ2v) is 6.62. The highest BCUT2D eigenvalue weighted by Gasteiger charge is 2.17. The molecular formula is C14H25N3OS. The third kappa shape index (κ3) is 5.70. The fourth-order valence-corrected chi connectivity index (χ4v) is 2.64. The molecule has 1 aromatic rings. The second kappa shape index (κ2) is 7.60. The zero-order valence-electron chi connectivity index (χ0n) is 12.3. The van der Waals surface area contributed by atoms with E-state index in [4.69, 9.17) is 5.73 Å². The molecule has 5 heteroatoms. The molecule has 19 heavy (non-hydrogen) atoms. The highest BCUT2D eigenvalue weighted by Crippen LogP contribution is 2.20. The molecule has 3 N–H and O–H groups in total. The van der Waals surface area contributed by atoms with Crippen molar-refractivity contribution in [3.63, 3.8) is 0 Å². The summed E-state index contributed by atoms with van der Waals surface area (Å²) in [5.41, 5.74) is 5.71. The molecule has 1 aromatic heterocycles. The van der Waals surface area contributed by atoms with E-state index in [0.29, 0.717) is 0 Å². The van der Waals surface area contributed by atoms with Crippen molar-refractivity contribution in [2.45, 2.75) is 59.0 Å². The number of rotatable bonds is 7. The SMILES string of the molecule is Cc1cnc(C(C)NC(=O)C(C)CCCC(C)N)s1. The Hall–Kier alpha value is -0.940. The Morgan fingerprint density at radius 2 is 2.11 bits per heavy atom. The summed E-state index contributed by atoms with van der Waals surface area (Å²) < 4.78 is 0. The minimum Gasteiger partial charge on any atom is -0.347 e. The van der Waals surface area contributed by atoms with E-state index in [2.05, 4.69) is 10.3 Å². The Bertz CT molecular complexity index is 403. The summed E-state index contributed by atoms with van der Waals surface area (Å²) in [4.78, 5) is 17.5. The van der Waals surface area contributed by atoms with Crippen LogP contribution in [0, 0.1) is 12.8 Å². The number of carbonyl (C=O) groups is 1. The molecule has 0 bridgehead atoms. The van der Waals surface area contributed by atoms with Crippen molar-refractivity contribution in [3.05, 3.63) is 16.1 Å². The van der Waals surface area contributed by atoms with Gasteiger partial charge in [-0.25, -0.2) is 4.98 Å². The van der Waals surface area contributed by atoms with E-state index in [9.17, 15) is 4.79 Å². The van der Waals surface area contributed by atoms with Crippen LogP contribution in [0.25, 0.3) is 0 Å². The van der Waals surface area contributed by atoms with Crippen LogP contribution in [0.15, 0.2) is 6.20 Å². The summed E-state index contributed by atoms with van der Waals surface area (Å²) in [5.74, 6) is 0.132. The first-order valence-electron chi connectivity index (χ1n) is 6.88. The predicted octanol–water partition coefficient (Wildman–Crippen LogP) is 2.78. The second-order valence-electron chi connectivity index (χ2n) is 5.35. The van der Waals surface area contributed by atoms with E-state index in [-0.39, 0.29) is 23.9 Å². The van der Waals surface area contributed by atoms with Crippen molar-refractivity contribution < 1.29 is 4.79 Å². The van der Waals surface area contributed by atoms with Crippen molar-refractivity contribution in [2.24, 2.45) is 11.7 Å². The van der Waals surface area contributed by atoms with Gasteiger partial charge in [0.25, 0.3) is 0 Å². The molecule has 0 saturated carbocycles. The number of thiazole rings is 1. The van der Waals surface area contributed by atoms with E-state index in [1.165, 1.54) is 4.88 Å². The lowest BCUT2D eigenvalue weighted by Crippen LogP contribution is -2.31. The molecule has 0 fully saturated rings. The molecule has 0 radical (unpaired) electrons. The van der Waals surface area contributed by atoms with Crippen molar-refractivity contribution in [1.82, 2.24) is 10.3 Å². The first-order valence-corrected chi connectivity index (χ1v) is 7.70. The molecule has 0 spiro atoms. The zero-order chi connectivity index (χ0) is 14.4. The van der Waals surface area contributed by atoms with Crippen LogP contribution < -0.4 is 11.1 Å². The molecule has 3 unspecified atom stereocenters. The van der Waals surface area contributed by atoms with Gasteiger partial charge in [-0.1, -0.05) is 13.3 Å². The van der Waals surface area contributed by atoms with E-state index < -0.39 is 0 Å². The van der Waals surface area contributed by atoms with Crippen LogP contribution in [-0.2, 0) is 4.79 Å². The lowest BCUT2D eigenvalue weighted by atomic mass is 10.0. The van der Waals surface area contributed by atoms with Gasteiger partial charge in [0.2, 0.25) is 5.91 Å². The maximum Gasteiger partial charge on any atom is 0.223 e. The summed E-state index contributed by atoms with van der Waals surface area (Å²) in [6.07, 6.45) is 4.70. The molecule has 1 rings (SSSR count). The minimum atomic E-state index is -0.0120. The van der Waals surface area contributed by atoms with Crippen LogP contribution in [-0.4, -0.2) is 16.9 Å². The molecule has 0 aromatic carbocycles. The number of hydrogen-bond acceptors (Lipinski definition) is 4. The third-order valence-corrected chi connectivity index (χ3v) is 4.21. The average molecular weight is 283 g/mol. The summed E-state index contributed by atoms with van der Waals surface area (Å²) in [5, 5.41) is 3.99. The zero-order valence-corrected chi connectivity index (χ0v) is 13.1. The Labute approximate surface area is 119 Å². The molecule has 1 heterocycles. The molecule has 4 nitrogen and oxygen atoms in total. The number of nitrogens with one attached hydrogen (secondary N) is 1. The number of aromatic nitrogens is 1. The van der Waals surface area contributed by atoms with Crippen LogP contribution in [0.2, 0.25) is 0 Å². The van der Waals surface area contributed by atoms with Crippen molar-refractivity contribution >= 4 is 17.2 Å². The summed E-state index contributed by atoms with van der Waals surface area (Å²) >= 11 is 1.63. The molecule has 108 valence electrons. The number of carbonyl (C=O) groups excluding carboxylic acids is 1. The number of hydrogen-bond donors (Lipinski definition) is 2. The van der Waals surface area contributed by atoms with Crippen molar-refractivity contribution in [2.75, 3.05) is 0 Å². The Morgan fingerprint density at radius 1 is 1.42 bits per heavy atom. The Balaban J connectivity index is 2.37. The summed E-state index contributed by atoms with van der Waals surface area (Å²) in [7, 11) is 0. The van der Waals surface area contributed by atoms with Crippen molar-refractivity contribution in [1.29, 1.82) is 0 Å². The third-order valence-electron chi connectivity index (χ3n) is 3.11. The van der Waals surface area contributed by atoms with Gasteiger partial charge in [0, 0.05) is 23.0 Å². The van der Waals surface area contributed by atoms with Crippen LogP contribution in [0.3, 0.4) is 0 Å². The molecule has 3 atom stereocenters. The highest BCUT2D eigenvalue weighted by atomic mass is 32.1. The first-order chi connectivity index (χ1) is 8.90. The maximum absolute atomic E-state index is 12.0. The van der Waals surface area contributed by atoms with E-state index in [1.54, 1.807) is 11.3 Å². The molecule has 0 aliphatic carbocycles. The lowest BCUT2D eigenvalue weighted by molar-refractivity contribution is -0.125. The van der Waals surface area contributed by atoms with Gasteiger partial charge < -0.3 is 11.1 Å². The number of aryl methyl sites for hydroxylation is 1. The fourth-order valence-electron chi connectivity index (χ4n) is 1.87. The van der Waals surface area contributed by atoms with Gasteiger partial charge in [-0.2, -0.15) is 0 Å². The van der Waals surface area contributed by atoms with Gasteiger partial charge in [0.1, 0.15) is 5.01 Å². The van der Waals surface area contributed by atoms with Gasteiger partial charge >= 0.3 is 0 Å². The van der Waals surface area contributed by atoms with Crippen LogP contribution in [0.5, 0.6) is 0 Å². The lowest BCUT2D eigenvalue weighted by Gasteiger charge is -2.16. The van der Waals surface area contributed by atoms with Gasteiger partial charge in [-0.3, -0.25) is 4.79 Å². The van der Waals surface area contributed by atoms with Crippen LogP contribution in [0.4, 0.5) is 0 Å². The number of amides is 1. The quantitative estimate of drug-likeness (QED) is 0.808. The highest BCUT2D eigenvalue weighted by molar-refractivity contribution is 7.11. The number of nitrogens with two attached hydrogens (primary N) is 1. The van der Waals surface area contributed by atoms with Gasteiger partial charge in [-0.05, 0) is 33.6 Å². The standard InChI is InChI=1S/C14H25N3OS/c1-9(6-5-7-10(2)15)13(18)17-12(4)14-16-8-11(3)19-14/h8-10,12H,5-7,15H2,1-4H3,(H,17,18). The van der Waals surface area contributed by atoms with E-state index >= 15 is 0 Å². The average Bonchev–Trinajstić information content (AvgIpc) is 2.75. The van der Waals surface area contributed by atoms with Crippen molar-refractivity contribution in [3.8, 4) is 0 Å². The minimum absolute atomic E-state index is 0.0120. The van der Waals surface area contributed by atoms with Crippen LogP contribution >= 0.6 is 11.3 Å². The molecule has 0 aliphatic rings. The summed E-state index contributed by atoms with van der Waals surface area (Å²) in [6, 6.07) is 0.203. The Morgan fingerprint density at radius 3 is 2.63 bits per heavy atom. The monoisotopic (exact) mass is 283 g/mol. The fraction of sp³-hybridized carbons (Fsp3) is 0.714. The largest absolute Gasteiger partial charge is 0.347 e. The summed E-state index contributed by atoms with van der Waals surface area (Å²) in [6.45, 7) is 7.96. The maximum atomic E-state index is 12.0. The first kappa shape index (κ1) is 16.1. The normalized spacial score (nSPS) is 15.8. The molecule has 1 amide bonds. The van der Waals surface area contributed by atoms with Gasteiger partial charge in [-0.15, -0.1) is 11.3 Å². The number of nitrogens with zero attached hydrogens (tertiary/aromatic N) is 1. The van der Waals surface area contributed by atoms with E-state index in [1.807, 2.05) is 33.9 Å². The van der Waals surface area contributed by atoms with Gasteiger partial charge in [0.05, 0.1) is 6.04 Å². The molecular weight excluding hydrogens is 258 g/mol. The topological polar surface area (TPSA) is 68.0 Å². The predicted molar refractivity (Wildman–Crippen MR) is 80.1 cm³/mol. The van der Waals surface area contributed by atoms with Gasteiger partial charge in [0.15, 0.2) is 0 Å². The Kier molecular flexibility index (Phi) is 6.45. The molecule has 0 aliphatic heterocycles. The molecule has 0 saturated heterocycles. The van der Waals surface area contributed by atoms with E-state index in [0.717, 1.165) is 24.3 Å². The smallest absolute Gasteiger partial charge is 0.223 e.